The third-order valence-electron chi connectivity index (χ3n) is 3.26. The average molecular weight is 334 g/mol. The molecule has 6 heteroatoms. The summed E-state index contributed by atoms with van der Waals surface area (Å²) in [6, 6.07) is 1.94. The maximum atomic E-state index is 5.21. The van der Waals surface area contributed by atoms with E-state index in [-0.39, 0.29) is 5.41 Å². The Labute approximate surface area is 142 Å². The van der Waals surface area contributed by atoms with E-state index in [4.69, 9.17) is 4.74 Å². The highest BCUT2D eigenvalue weighted by molar-refractivity contribution is 7.09. The number of nitrogens with zero attached hydrogens (tertiary/aromatic N) is 3. The minimum absolute atomic E-state index is 0.106. The van der Waals surface area contributed by atoms with Crippen LogP contribution in [0.5, 0.6) is 0 Å². The molecule has 2 heterocycles. The van der Waals surface area contributed by atoms with Crippen molar-refractivity contribution in [3.05, 3.63) is 33.7 Å². The molecule has 2 aromatic rings. The van der Waals surface area contributed by atoms with Gasteiger partial charge in [0.15, 0.2) is 0 Å². The molecule has 0 unspecified atom stereocenters. The van der Waals surface area contributed by atoms with Gasteiger partial charge in [-0.05, 0) is 0 Å². The number of hydrogen-bond donors (Lipinski definition) is 1. The van der Waals surface area contributed by atoms with Crippen LogP contribution in [0.1, 0.15) is 62.8 Å². The van der Waals surface area contributed by atoms with Crippen LogP contribution in [0.25, 0.3) is 0 Å². The molecule has 0 radical (unpaired) electrons. The lowest BCUT2D eigenvalue weighted by molar-refractivity contribution is 0.181. The smallest absolute Gasteiger partial charge is 0.136 e. The zero-order valence-electron chi connectivity index (χ0n) is 14.8. The maximum absolute atomic E-state index is 5.21. The maximum Gasteiger partial charge on any atom is 0.136 e. The SMILES string of the molecule is COCc1cc(NCc2csc(C(C)C)n2)nc(C(C)(C)C)n1. The Kier molecular flexibility index (Phi) is 5.70. The molecule has 0 fully saturated rings. The zero-order valence-corrected chi connectivity index (χ0v) is 15.6. The summed E-state index contributed by atoms with van der Waals surface area (Å²) < 4.78 is 5.21. The first-order chi connectivity index (χ1) is 10.8. The Hall–Kier alpha value is -1.53. The molecule has 1 N–H and O–H groups in total. The molecule has 0 saturated heterocycles. The number of thiazole rings is 1. The van der Waals surface area contributed by atoms with Crippen molar-refractivity contribution in [2.45, 2.75) is 59.1 Å². The first kappa shape index (κ1) is 17.8. The molecule has 0 aliphatic heterocycles. The molecular weight excluding hydrogens is 308 g/mol. The summed E-state index contributed by atoms with van der Waals surface area (Å²) in [7, 11) is 1.68. The average Bonchev–Trinajstić information content (AvgIpc) is 2.93. The second-order valence-electron chi connectivity index (χ2n) is 6.94. The van der Waals surface area contributed by atoms with Crippen LogP contribution in [0.15, 0.2) is 11.4 Å². The number of nitrogens with one attached hydrogen (secondary N) is 1. The van der Waals surface area contributed by atoms with E-state index in [1.807, 2.05) is 6.07 Å². The minimum atomic E-state index is -0.106. The van der Waals surface area contributed by atoms with Crippen molar-refractivity contribution >= 4 is 17.2 Å². The molecule has 126 valence electrons. The highest BCUT2D eigenvalue weighted by Gasteiger charge is 2.19. The van der Waals surface area contributed by atoms with Crippen molar-refractivity contribution in [2.75, 3.05) is 12.4 Å². The number of ether oxygens (including phenoxy) is 1. The van der Waals surface area contributed by atoms with Crippen LogP contribution in [-0.4, -0.2) is 22.1 Å². The van der Waals surface area contributed by atoms with Crippen molar-refractivity contribution in [3.63, 3.8) is 0 Å². The Morgan fingerprint density at radius 3 is 2.48 bits per heavy atom. The van der Waals surface area contributed by atoms with Crippen LogP contribution in [0.2, 0.25) is 0 Å². The van der Waals surface area contributed by atoms with Gasteiger partial charge < -0.3 is 10.1 Å². The van der Waals surface area contributed by atoms with Gasteiger partial charge in [0.1, 0.15) is 11.6 Å². The monoisotopic (exact) mass is 334 g/mol. The number of hydrogen-bond acceptors (Lipinski definition) is 6. The van der Waals surface area contributed by atoms with Crippen molar-refractivity contribution in [1.29, 1.82) is 0 Å². The van der Waals surface area contributed by atoms with Gasteiger partial charge in [0.2, 0.25) is 0 Å². The third-order valence-corrected chi connectivity index (χ3v) is 4.45. The standard InChI is InChI=1S/C17H26N4OS/c1-11(2)15-19-13(10-23-15)8-18-14-7-12(9-22-6)20-16(21-14)17(3,4)5/h7,10-11H,8-9H2,1-6H3,(H,18,20,21). The molecule has 5 nitrogen and oxygen atoms in total. The van der Waals surface area contributed by atoms with Crippen LogP contribution in [0.3, 0.4) is 0 Å². The lowest BCUT2D eigenvalue weighted by atomic mass is 9.95. The first-order valence-corrected chi connectivity index (χ1v) is 8.73. The predicted octanol–water partition coefficient (Wildman–Crippen LogP) is 4.11. The second kappa shape index (κ2) is 7.36. The summed E-state index contributed by atoms with van der Waals surface area (Å²) in [6.07, 6.45) is 0. The molecular formula is C17H26N4OS. The van der Waals surface area contributed by atoms with Gasteiger partial charge in [-0.3, -0.25) is 0 Å². The molecule has 2 rings (SSSR count). The van der Waals surface area contributed by atoms with E-state index in [2.05, 4.69) is 60.3 Å². The summed E-state index contributed by atoms with van der Waals surface area (Å²) in [5.41, 5.74) is 1.82. The highest BCUT2D eigenvalue weighted by atomic mass is 32.1. The van der Waals surface area contributed by atoms with E-state index in [1.165, 1.54) is 5.01 Å². The van der Waals surface area contributed by atoms with Crippen molar-refractivity contribution in [1.82, 2.24) is 15.0 Å². The first-order valence-electron chi connectivity index (χ1n) is 7.85. The molecule has 0 atom stereocenters. The molecule has 0 spiro atoms. The van der Waals surface area contributed by atoms with E-state index >= 15 is 0 Å². The number of rotatable bonds is 6. The Morgan fingerprint density at radius 1 is 1.17 bits per heavy atom. The van der Waals surface area contributed by atoms with E-state index in [1.54, 1.807) is 18.4 Å². The molecule has 0 aromatic carbocycles. The fourth-order valence-corrected chi connectivity index (χ4v) is 2.83. The van der Waals surface area contributed by atoms with Gasteiger partial charge >= 0.3 is 0 Å². The molecule has 0 aliphatic carbocycles. The Balaban J connectivity index is 2.15. The van der Waals surface area contributed by atoms with Crippen molar-refractivity contribution in [3.8, 4) is 0 Å². The van der Waals surface area contributed by atoms with E-state index in [9.17, 15) is 0 Å². The van der Waals surface area contributed by atoms with Crippen LogP contribution < -0.4 is 5.32 Å². The van der Waals surface area contributed by atoms with E-state index in [0.29, 0.717) is 19.1 Å². The molecule has 2 aromatic heterocycles. The van der Waals surface area contributed by atoms with Crippen LogP contribution >= 0.6 is 11.3 Å². The van der Waals surface area contributed by atoms with Gasteiger partial charge in [0, 0.05) is 29.9 Å². The van der Waals surface area contributed by atoms with Gasteiger partial charge in [-0.2, -0.15) is 0 Å². The Bertz CT molecular complexity index is 646. The lowest BCUT2D eigenvalue weighted by Crippen LogP contribution is -2.18. The van der Waals surface area contributed by atoms with Crippen molar-refractivity contribution < 1.29 is 4.74 Å². The predicted molar refractivity (Wildman–Crippen MR) is 95.0 cm³/mol. The fraction of sp³-hybridized carbons (Fsp3) is 0.588. The number of aromatic nitrogens is 3. The quantitative estimate of drug-likeness (QED) is 0.861. The lowest BCUT2D eigenvalue weighted by Gasteiger charge is -2.18. The minimum Gasteiger partial charge on any atom is -0.378 e. The highest BCUT2D eigenvalue weighted by Crippen LogP contribution is 2.22. The normalized spacial score (nSPS) is 12.0. The molecule has 0 bridgehead atoms. The molecule has 23 heavy (non-hydrogen) atoms. The zero-order chi connectivity index (χ0) is 17.0. The summed E-state index contributed by atoms with van der Waals surface area (Å²) in [4.78, 5) is 13.9. The summed E-state index contributed by atoms with van der Waals surface area (Å²) >= 11 is 1.71. The summed E-state index contributed by atoms with van der Waals surface area (Å²) in [5.74, 6) is 2.10. The van der Waals surface area contributed by atoms with Crippen LogP contribution in [-0.2, 0) is 23.3 Å². The van der Waals surface area contributed by atoms with Gasteiger partial charge in [-0.1, -0.05) is 34.6 Å². The van der Waals surface area contributed by atoms with Gasteiger partial charge in [-0.15, -0.1) is 11.3 Å². The van der Waals surface area contributed by atoms with Crippen LogP contribution in [0, 0.1) is 0 Å². The fourth-order valence-electron chi connectivity index (χ4n) is 2.00. The van der Waals surface area contributed by atoms with Crippen LogP contribution in [0.4, 0.5) is 5.82 Å². The van der Waals surface area contributed by atoms with Gasteiger partial charge in [0.25, 0.3) is 0 Å². The van der Waals surface area contributed by atoms with E-state index in [0.717, 1.165) is 23.0 Å². The molecule has 0 saturated carbocycles. The third kappa shape index (κ3) is 4.97. The van der Waals surface area contributed by atoms with E-state index < -0.39 is 0 Å². The Morgan fingerprint density at radius 2 is 1.91 bits per heavy atom. The largest absolute Gasteiger partial charge is 0.378 e. The molecule has 0 amide bonds. The second-order valence-corrected chi connectivity index (χ2v) is 7.83. The number of anilines is 1. The molecule has 0 aliphatic rings. The van der Waals surface area contributed by atoms with Crippen molar-refractivity contribution in [2.24, 2.45) is 0 Å². The summed E-state index contributed by atoms with van der Waals surface area (Å²) in [6.45, 7) is 11.8. The van der Waals surface area contributed by atoms with Gasteiger partial charge in [-0.25, -0.2) is 15.0 Å². The van der Waals surface area contributed by atoms with Gasteiger partial charge in [0.05, 0.1) is 29.5 Å². The summed E-state index contributed by atoms with van der Waals surface area (Å²) in [5, 5.41) is 6.63. The topological polar surface area (TPSA) is 59.9 Å². The number of methoxy groups -OCH3 is 1.